The Hall–Kier alpha value is -2.92. The van der Waals surface area contributed by atoms with E-state index in [-0.39, 0.29) is 55.6 Å². The van der Waals surface area contributed by atoms with Crippen molar-refractivity contribution >= 4 is 62.8 Å². The smallest absolute Gasteiger partial charge is 0.254 e. The number of aliphatic hydroxyl groups is 1. The number of carbonyl (C=O) groups excluding carboxylic acids is 4. The van der Waals surface area contributed by atoms with Gasteiger partial charge in [0.05, 0.1) is 23.9 Å². The van der Waals surface area contributed by atoms with Crippen molar-refractivity contribution in [3.63, 3.8) is 0 Å². The lowest BCUT2D eigenvalue weighted by atomic mass is 9.56. The molecule has 6 rings (SSSR count). The SMILES string of the molecule is O=C1[C@H]2[C@H](CC=C3[C@H]2C[C@@]2(Cl)C(=O)N(CBr)C(=O)[C@@]2(Cl)[C@H]3c2ccc(OCCO)cc2)C(=O)N1CCc1ccc(O)cc1. The number of rotatable bonds is 8. The summed E-state index contributed by atoms with van der Waals surface area (Å²) < 4.78 is 5.50. The maximum Gasteiger partial charge on any atom is 0.254 e. The van der Waals surface area contributed by atoms with Crippen molar-refractivity contribution in [2.24, 2.45) is 17.8 Å². The molecule has 2 aromatic carbocycles. The summed E-state index contributed by atoms with van der Waals surface area (Å²) >= 11 is 17.7. The minimum atomic E-state index is -1.87. The minimum Gasteiger partial charge on any atom is -0.508 e. The summed E-state index contributed by atoms with van der Waals surface area (Å²) in [5.41, 5.74) is 2.11. The van der Waals surface area contributed by atoms with Crippen molar-refractivity contribution in [3.8, 4) is 11.5 Å². The Kier molecular flexibility index (Phi) is 7.86. The highest BCUT2D eigenvalue weighted by molar-refractivity contribution is 9.09. The summed E-state index contributed by atoms with van der Waals surface area (Å²) in [6, 6.07) is 13.5. The van der Waals surface area contributed by atoms with Gasteiger partial charge in [-0.15, -0.1) is 23.2 Å². The number of nitrogens with zero attached hydrogens (tertiary/aromatic N) is 2. The number of hydrogen-bond acceptors (Lipinski definition) is 7. The van der Waals surface area contributed by atoms with E-state index >= 15 is 0 Å². The molecule has 2 aliphatic carbocycles. The van der Waals surface area contributed by atoms with Gasteiger partial charge in [-0.3, -0.25) is 29.0 Å². The fourth-order valence-electron chi connectivity index (χ4n) is 7.24. The normalized spacial score (nSPS) is 31.6. The number of hydrogen-bond donors (Lipinski definition) is 2. The van der Waals surface area contributed by atoms with Crippen LogP contribution in [0.25, 0.3) is 0 Å². The molecule has 0 aromatic heterocycles. The van der Waals surface area contributed by atoms with Gasteiger partial charge in [0.2, 0.25) is 11.8 Å². The van der Waals surface area contributed by atoms with Gasteiger partial charge in [-0.05, 0) is 60.6 Å². The number of ether oxygens (including phenoxy) is 1. The Morgan fingerprint density at radius 3 is 2.28 bits per heavy atom. The molecular formula is C31H29BrCl2N2O7. The molecule has 9 nitrogen and oxygen atoms in total. The third-order valence-electron chi connectivity index (χ3n) is 9.24. The lowest BCUT2D eigenvalue weighted by Gasteiger charge is -2.50. The van der Waals surface area contributed by atoms with Crippen LogP contribution in [0.2, 0.25) is 0 Å². The highest BCUT2D eigenvalue weighted by Crippen LogP contribution is 2.65. The Labute approximate surface area is 266 Å². The van der Waals surface area contributed by atoms with E-state index in [1.165, 1.54) is 4.90 Å². The predicted octanol–water partition coefficient (Wildman–Crippen LogP) is 3.72. The number of fused-ring (bicyclic) bond motifs is 4. The molecule has 0 bridgehead atoms. The molecule has 2 N–H and O–H groups in total. The highest BCUT2D eigenvalue weighted by atomic mass is 79.9. The molecule has 1 saturated carbocycles. The molecule has 4 aliphatic rings. The maximum absolute atomic E-state index is 14.0. The van der Waals surface area contributed by atoms with E-state index in [9.17, 15) is 24.3 Å². The first-order valence-corrected chi connectivity index (χ1v) is 15.9. The average molecular weight is 692 g/mol. The van der Waals surface area contributed by atoms with Gasteiger partial charge in [0.1, 0.15) is 18.1 Å². The number of aliphatic hydroxyl groups excluding tert-OH is 1. The monoisotopic (exact) mass is 690 g/mol. The van der Waals surface area contributed by atoms with Crippen LogP contribution in [-0.2, 0) is 25.6 Å². The van der Waals surface area contributed by atoms with Crippen molar-refractivity contribution in [1.29, 1.82) is 0 Å². The van der Waals surface area contributed by atoms with E-state index in [0.29, 0.717) is 17.7 Å². The number of alkyl halides is 3. The topological polar surface area (TPSA) is 124 Å². The van der Waals surface area contributed by atoms with Gasteiger partial charge in [0, 0.05) is 12.5 Å². The average Bonchev–Trinajstić information content (AvgIpc) is 3.33. The van der Waals surface area contributed by atoms with Crippen LogP contribution in [0.4, 0.5) is 0 Å². The van der Waals surface area contributed by atoms with Gasteiger partial charge in [-0.1, -0.05) is 51.8 Å². The zero-order valence-electron chi connectivity index (χ0n) is 22.9. The summed E-state index contributed by atoms with van der Waals surface area (Å²) in [4.78, 5) is 53.7. The molecule has 2 heterocycles. The number of benzene rings is 2. The molecule has 226 valence electrons. The minimum absolute atomic E-state index is 0.0713. The highest BCUT2D eigenvalue weighted by Gasteiger charge is 2.76. The van der Waals surface area contributed by atoms with Crippen LogP contribution < -0.4 is 4.74 Å². The molecular weight excluding hydrogens is 663 g/mol. The zero-order chi connectivity index (χ0) is 30.7. The second-order valence-electron chi connectivity index (χ2n) is 11.4. The first-order valence-electron chi connectivity index (χ1n) is 14.0. The molecule has 2 saturated heterocycles. The van der Waals surface area contributed by atoms with Crippen LogP contribution in [0.5, 0.6) is 11.5 Å². The molecule has 2 aliphatic heterocycles. The first kappa shape index (κ1) is 30.1. The van der Waals surface area contributed by atoms with Crippen molar-refractivity contribution in [1.82, 2.24) is 9.80 Å². The van der Waals surface area contributed by atoms with Gasteiger partial charge in [0.25, 0.3) is 11.8 Å². The molecule has 0 unspecified atom stereocenters. The molecule has 4 amide bonds. The summed E-state index contributed by atoms with van der Waals surface area (Å²) in [5, 5.41) is 18.7. The van der Waals surface area contributed by atoms with Gasteiger partial charge in [0.15, 0.2) is 9.75 Å². The fraction of sp³-hybridized carbons (Fsp3) is 0.419. The molecule has 0 spiro atoms. The molecule has 43 heavy (non-hydrogen) atoms. The zero-order valence-corrected chi connectivity index (χ0v) is 26.0. The Bertz CT molecular complexity index is 1520. The van der Waals surface area contributed by atoms with Crippen LogP contribution in [-0.4, -0.2) is 78.6 Å². The van der Waals surface area contributed by atoms with E-state index in [4.69, 9.17) is 33.0 Å². The van der Waals surface area contributed by atoms with Gasteiger partial charge >= 0.3 is 0 Å². The third-order valence-corrected chi connectivity index (χ3v) is 11.2. The van der Waals surface area contributed by atoms with E-state index in [1.54, 1.807) is 48.5 Å². The summed E-state index contributed by atoms with van der Waals surface area (Å²) in [6.07, 6.45) is 2.54. The Morgan fingerprint density at radius 2 is 1.63 bits per heavy atom. The maximum atomic E-state index is 14.0. The molecule has 12 heteroatoms. The summed E-state index contributed by atoms with van der Waals surface area (Å²) in [5.74, 6) is -4.04. The summed E-state index contributed by atoms with van der Waals surface area (Å²) in [7, 11) is 0. The van der Waals surface area contributed by atoms with E-state index in [2.05, 4.69) is 15.9 Å². The molecule has 0 radical (unpaired) electrons. The van der Waals surface area contributed by atoms with Crippen molar-refractivity contribution in [3.05, 3.63) is 71.3 Å². The second kappa shape index (κ2) is 11.2. The standard InChI is InChI=1S/C31H29BrCl2N2O7/c32-16-36-28(41)30(33)15-23-21(25(31(30,34)29(36)42)18-3-7-20(8-4-18)43-14-13-37)9-10-22-24(23)27(40)35(26(22)39)12-11-17-1-5-19(38)6-2-17/h1-9,22-25,37-38H,10-16H2/t22-,23+,24-,25-,30+,31-/m0/s1. The van der Waals surface area contributed by atoms with Crippen LogP contribution in [0, 0.1) is 17.8 Å². The number of carbonyl (C=O) groups is 4. The van der Waals surface area contributed by atoms with Crippen LogP contribution in [0.3, 0.4) is 0 Å². The number of amides is 4. The van der Waals surface area contributed by atoms with Gasteiger partial charge in [-0.2, -0.15) is 0 Å². The molecule has 3 fully saturated rings. The fourth-order valence-corrected chi connectivity index (χ4v) is 8.66. The summed E-state index contributed by atoms with van der Waals surface area (Å²) in [6.45, 7) is 0.130. The lowest BCUT2D eigenvalue weighted by Crippen LogP contribution is -2.60. The molecule has 2 aromatic rings. The lowest BCUT2D eigenvalue weighted by molar-refractivity contribution is -0.141. The number of phenolic OH excluding ortho intramolecular Hbond substituents is 1. The second-order valence-corrected chi connectivity index (χ2v) is 13.1. The van der Waals surface area contributed by atoms with Crippen molar-refractivity contribution in [2.45, 2.75) is 34.9 Å². The van der Waals surface area contributed by atoms with Crippen molar-refractivity contribution < 1.29 is 34.1 Å². The van der Waals surface area contributed by atoms with Gasteiger partial charge in [-0.25, -0.2) is 0 Å². The van der Waals surface area contributed by atoms with E-state index in [0.717, 1.165) is 16.0 Å². The van der Waals surface area contributed by atoms with E-state index in [1.807, 2.05) is 6.08 Å². The Morgan fingerprint density at radius 1 is 0.930 bits per heavy atom. The van der Waals surface area contributed by atoms with Crippen LogP contribution in [0.15, 0.2) is 60.2 Å². The number of imide groups is 2. The van der Waals surface area contributed by atoms with Crippen LogP contribution >= 0.6 is 39.1 Å². The number of halogens is 3. The number of phenols is 1. The van der Waals surface area contributed by atoms with E-state index < -0.39 is 45.2 Å². The number of aromatic hydroxyl groups is 1. The predicted molar refractivity (Wildman–Crippen MR) is 161 cm³/mol. The quantitative estimate of drug-likeness (QED) is 0.187. The Balaban J connectivity index is 1.38. The molecule has 6 atom stereocenters. The number of allylic oxidation sites excluding steroid dienone is 2. The van der Waals surface area contributed by atoms with Crippen molar-refractivity contribution in [2.75, 3.05) is 25.2 Å². The van der Waals surface area contributed by atoms with Gasteiger partial charge < -0.3 is 14.9 Å². The largest absolute Gasteiger partial charge is 0.508 e. The third kappa shape index (κ3) is 4.52. The number of likely N-dealkylation sites (tertiary alicyclic amines) is 2. The first-order chi connectivity index (χ1) is 20.6. The van der Waals surface area contributed by atoms with Crippen LogP contribution in [0.1, 0.15) is 29.9 Å².